The Balaban J connectivity index is 1.35. The van der Waals surface area contributed by atoms with Gasteiger partial charge in [-0.25, -0.2) is 0 Å². The van der Waals surface area contributed by atoms with Crippen LogP contribution in [0.25, 0.3) is 11.3 Å². The summed E-state index contributed by atoms with van der Waals surface area (Å²) < 4.78 is 0. The highest BCUT2D eigenvalue weighted by Gasteiger charge is 2.28. The number of benzene rings is 1. The number of piperidine rings is 1. The van der Waals surface area contributed by atoms with E-state index in [9.17, 15) is 4.79 Å². The Morgan fingerprint density at radius 2 is 1.76 bits per heavy atom. The molecule has 6 heteroatoms. The number of carbonyl (C=O) groups is 1. The summed E-state index contributed by atoms with van der Waals surface area (Å²) in [7, 11) is 0. The summed E-state index contributed by atoms with van der Waals surface area (Å²) in [6, 6.07) is 10.4. The lowest BCUT2D eigenvalue weighted by atomic mass is 10.0. The molecule has 2 fully saturated rings. The molecule has 5 nitrogen and oxygen atoms in total. The predicted octanol–water partition coefficient (Wildman–Crippen LogP) is 2.73. The lowest BCUT2D eigenvalue weighted by Gasteiger charge is -2.40. The minimum Gasteiger partial charge on any atom is -0.339 e. The zero-order valence-corrected chi connectivity index (χ0v) is 15.2. The van der Waals surface area contributed by atoms with Crippen LogP contribution in [-0.2, 0) is 0 Å². The maximum absolute atomic E-state index is 12.8. The number of aromatic nitrogens is 2. The van der Waals surface area contributed by atoms with Gasteiger partial charge in [0.25, 0.3) is 5.91 Å². The zero-order chi connectivity index (χ0) is 17.1. The molecule has 4 rings (SSSR count). The van der Waals surface area contributed by atoms with Crippen LogP contribution in [0.4, 0.5) is 0 Å². The second kappa shape index (κ2) is 7.62. The molecule has 0 atom stereocenters. The van der Waals surface area contributed by atoms with Crippen LogP contribution in [0, 0.1) is 0 Å². The van der Waals surface area contributed by atoms with Crippen molar-refractivity contribution in [1.82, 2.24) is 20.0 Å². The Morgan fingerprint density at radius 1 is 1.04 bits per heavy atom. The number of hydrogen-bond donors (Lipinski definition) is 1. The molecule has 0 unspecified atom stereocenters. The summed E-state index contributed by atoms with van der Waals surface area (Å²) in [6.07, 6.45) is 3.94. The molecular formula is C19H24N4OS. The van der Waals surface area contributed by atoms with Gasteiger partial charge in [-0.2, -0.15) is 16.9 Å². The molecule has 0 radical (unpaired) electrons. The fraction of sp³-hybridized carbons (Fsp3) is 0.474. The van der Waals surface area contributed by atoms with E-state index in [1.165, 1.54) is 24.6 Å². The van der Waals surface area contributed by atoms with E-state index in [2.05, 4.69) is 26.9 Å². The molecular weight excluding hydrogens is 332 g/mol. The molecule has 0 saturated carbocycles. The SMILES string of the molecule is O=C(c1ccc(-c2ccn[nH]2)cc1)N1CCC(N2CCSCC2)CC1. The highest BCUT2D eigenvalue weighted by atomic mass is 32.2. The predicted molar refractivity (Wildman–Crippen MR) is 102 cm³/mol. The highest BCUT2D eigenvalue weighted by molar-refractivity contribution is 7.99. The van der Waals surface area contributed by atoms with Gasteiger partial charge >= 0.3 is 0 Å². The second-order valence-electron chi connectivity index (χ2n) is 6.72. The van der Waals surface area contributed by atoms with E-state index in [-0.39, 0.29) is 5.91 Å². The number of hydrogen-bond acceptors (Lipinski definition) is 4. The molecule has 1 aromatic carbocycles. The van der Waals surface area contributed by atoms with Crippen LogP contribution in [0.5, 0.6) is 0 Å². The van der Waals surface area contributed by atoms with Gasteiger partial charge in [-0.1, -0.05) is 12.1 Å². The topological polar surface area (TPSA) is 52.2 Å². The fourth-order valence-electron chi connectivity index (χ4n) is 3.77. The van der Waals surface area contributed by atoms with Gasteiger partial charge in [0.2, 0.25) is 0 Å². The molecule has 1 amide bonds. The van der Waals surface area contributed by atoms with E-state index < -0.39 is 0 Å². The minimum absolute atomic E-state index is 0.156. The number of thioether (sulfide) groups is 1. The number of likely N-dealkylation sites (tertiary alicyclic amines) is 1. The molecule has 132 valence electrons. The molecule has 25 heavy (non-hydrogen) atoms. The van der Waals surface area contributed by atoms with Crippen molar-refractivity contribution in [3.05, 3.63) is 42.1 Å². The van der Waals surface area contributed by atoms with Gasteiger partial charge in [-0.15, -0.1) is 0 Å². The van der Waals surface area contributed by atoms with Gasteiger partial charge in [0.05, 0.1) is 5.69 Å². The Morgan fingerprint density at radius 3 is 2.40 bits per heavy atom. The van der Waals surface area contributed by atoms with Gasteiger partial charge in [0.1, 0.15) is 0 Å². The Bertz CT molecular complexity index is 687. The smallest absolute Gasteiger partial charge is 0.253 e. The molecule has 0 aliphatic carbocycles. The lowest BCUT2D eigenvalue weighted by molar-refractivity contribution is 0.0631. The number of aromatic amines is 1. The summed E-state index contributed by atoms with van der Waals surface area (Å²) in [5, 5.41) is 6.92. The van der Waals surface area contributed by atoms with E-state index in [1.54, 1.807) is 6.20 Å². The average molecular weight is 356 g/mol. The van der Waals surface area contributed by atoms with Crippen molar-refractivity contribution in [3.8, 4) is 11.3 Å². The fourth-order valence-corrected chi connectivity index (χ4v) is 4.70. The van der Waals surface area contributed by atoms with E-state index in [1.807, 2.05) is 35.2 Å². The van der Waals surface area contributed by atoms with Crippen LogP contribution in [0.3, 0.4) is 0 Å². The van der Waals surface area contributed by atoms with Crippen molar-refractivity contribution in [2.45, 2.75) is 18.9 Å². The van der Waals surface area contributed by atoms with E-state index >= 15 is 0 Å². The first-order valence-electron chi connectivity index (χ1n) is 9.02. The largest absolute Gasteiger partial charge is 0.339 e. The first-order chi connectivity index (χ1) is 12.3. The van der Waals surface area contributed by atoms with Crippen LogP contribution in [0.15, 0.2) is 36.5 Å². The van der Waals surface area contributed by atoms with Crippen molar-refractivity contribution >= 4 is 17.7 Å². The summed E-state index contributed by atoms with van der Waals surface area (Å²) in [4.78, 5) is 17.4. The van der Waals surface area contributed by atoms with Gasteiger partial charge in [-0.3, -0.25) is 14.8 Å². The molecule has 2 aliphatic heterocycles. The van der Waals surface area contributed by atoms with Gasteiger partial charge in [0.15, 0.2) is 0 Å². The van der Waals surface area contributed by atoms with Gasteiger partial charge in [0, 0.05) is 55.5 Å². The van der Waals surface area contributed by atoms with Gasteiger partial charge in [-0.05, 0) is 36.6 Å². The first kappa shape index (κ1) is 16.7. The van der Waals surface area contributed by atoms with Crippen molar-refractivity contribution in [2.24, 2.45) is 0 Å². The number of rotatable bonds is 3. The third-order valence-corrected chi connectivity index (χ3v) is 6.20. The van der Waals surface area contributed by atoms with Crippen molar-refractivity contribution in [2.75, 3.05) is 37.7 Å². The monoisotopic (exact) mass is 356 g/mol. The highest BCUT2D eigenvalue weighted by Crippen LogP contribution is 2.22. The Labute approximate surface area is 152 Å². The Hall–Kier alpha value is -1.79. The molecule has 1 N–H and O–H groups in total. The maximum atomic E-state index is 12.8. The standard InChI is InChI=1S/C19H24N4OS/c24-19(16-3-1-15(2-4-16)18-5-8-20-21-18)23-9-6-17(7-10-23)22-11-13-25-14-12-22/h1-5,8,17H,6-7,9-14H2,(H,20,21). The molecule has 0 spiro atoms. The summed E-state index contributed by atoms with van der Waals surface area (Å²) in [5.74, 6) is 2.66. The van der Waals surface area contributed by atoms with Crippen molar-refractivity contribution < 1.29 is 4.79 Å². The number of carbonyl (C=O) groups excluding carboxylic acids is 1. The van der Waals surface area contributed by atoms with Crippen molar-refractivity contribution in [3.63, 3.8) is 0 Å². The zero-order valence-electron chi connectivity index (χ0n) is 14.4. The number of nitrogens with one attached hydrogen (secondary N) is 1. The second-order valence-corrected chi connectivity index (χ2v) is 7.94. The quantitative estimate of drug-likeness (QED) is 0.919. The number of nitrogens with zero attached hydrogens (tertiary/aromatic N) is 3. The Kier molecular flexibility index (Phi) is 5.08. The third-order valence-electron chi connectivity index (χ3n) is 5.26. The lowest BCUT2D eigenvalue weighted by Crippen LogP contribution is -2.49. The van der Waals surface area contributed by atoms with E-state index in [4.69, 9.17) is 0 Å². The van der Waals surface area contributed by atoms with Crippen molar-refractivity contribution in [1.29, 1.82) is 0 Å². The summed E-state index contributed by atoms with van der Waals surface area (Å²) in [5.41, 5.74) is 2.80. The number of H-pyrrole nitrogens is 1. The summed E-state index contributed by atoms with van der Waals surface area (Å²) >= 11 is 2.05. The van der Waals surface area contributed by atoms with Crippen LogP contribution < -0.4 is 0 Å². The van der Waals surface area contributed by atoms with E-state index in [0.717, 1.165) is 42.8 Å². The molecule has 0 bridgehead atoms. The third kappa shape index (κ3) is 3.75. The maximum Gasteiger partial charge on any atom is 0.253 e. The van der Waals surface area contributed by atoms with E-state index in [0.29, 0.717) is 6.04 Å². The summed E-state index contributed by atoms with van der Waals surface area (Å²) in [6.45, 7) is 4.15. The molecule has 3 heterocycles. The minimum atomic E-state index is 0.156. The number of amides is 1. The molecule has 2 aromatic rings. The molecule has 2 aliphatic rings. The molecule has 1 aromatic heterocycles. The van der Waals surface area contributed by atoms with Crippen LogP contribution in [0.2, 0.25) is 0 Å². The van der Waals surface area contributed by atoms with Crippen LogP contribution >= 0.6 is 11.8 Å². The van der Waals surface area contributed by atoms with Crippen LogP contribution in [0.1, 0.15) is 23.2 Å². The first-order valence-corrected chi connectivity index (χ1v) is 10.2. The normalized spacial score (nSPS) is 19.9. The van der Waals surface area contributed by atoms with Crippen LogP contribution in [-0.4, -0.2) is 69.6 Å². The molecule has 2 saturated heterocycles. The average Bonchev–Trinajstić information content (AvgIpc) is 3.23. The van der Waals surface area contributed by atoms with Gasteiger partial charge < -0.3 is 4.90 Å².